The predicted octanol–water partition coefficient (Wildman–Crippen LogP) is 2.49. The van der Waals surface area contributed by atoms with Crippen molar-refractivity contribution in [2.75, 3.05) is 0 Å². The van der Waals surface area contributed by atoms with Gasteiger partial charge in [0.05, 0.1) is 6.04 Å². The molecular formula is C12H19NO3. The predicted molar refractivity (Wildman–Crippen MR) is 61.3 cm³/mol. The van der Waals surface area contributed by atoms with Crippen molar-refractivity contribution in [2.24, 2.45) is 0 Å². The Bertz CT molecular complexity index is 346. The zero-order chi connectivity index (χ0) is 12.1. The van der Waals surface area contributed by atoms with Gasteiger partial charge in [-0.2, -0.15) is 0 Å². The highest BCUT2D eigenvalue weighted by Crippen LogP contribution is 2.16. The molecule has 0 aliphatic carbocycles. The van der Waals surface area contributed by atoms with Crippen LogP contribution in [-0.2, 0) is 4.79 Å². The summed E-state index contributed by atoms with van der Waals surface area (Å²) >= 11 is 0. The second-order valence-electron chi connectivity index (χ2n) is 4.02. The van der Waals surface area contributed by atoms with Gasteiger partial charge in [0.1, 0.15) is 17.6 Å². The molecule has 0 amide bonds. The lowest BCUT2D eigenvalue weighted by Gasteiger charge is -2.18. The summed E-state index contributed by atoms with van der Waals surface area (Å²) < 4.78 is 5.45. The van der Waals surface area contributed by atoms with E-state index in [1.165, 1.54) is 0 Å². The van der Waals surface area contributed by atoms with Gasteiger partial charge in [-0.1, -0.05) is 13.3 Å². The molecule has 4 heteroatoms. The number of carboxylic acids is 1. The maximum Gasteiger partial charge on any atom is 0.320 e. The van der Waals surface area contributed by atoms with E-state index in [2.05, 4.69) is 5.32 Å². The Morgan fingerprint density at radius 1 is 1.56 bits per heavy atom. The molecule has 1 aromatic rings. The molecule has 2 atom stereocenters. The summed E-state index contributed by atoms with van der Waals surface area (Å²) in [6.45, 7) is 5.75. The monoisotopic (exact) mass is 225 g/mol. The molecule has 2 unspecified atom stereocenters. The number of carboxylic acid groups (broad SMARTS) is 1. The average Bonchev–Trinajstić information content (AvgIpc) is 2.64. The number of aryl methyl sites for hydroxylation is 1. The molecule has 1 heterocycles. The first-order valence-electron chi connectivity index (χ1n) is 5.59. The van der Waals surface area contributed by atoms with Gasteiger partial charge < -0.3 is 9.52 Å². The van der Waals surface area contributed by atoms with Crippen molar-refractivity contribution in [3.8, 4) is 0 Å². The van der Waals surface area contributed by atoms with Crippen LogP contribution in [0.4, 0.5) is 0 Å². The summed E-state index contributed by atoms with van der Waals surface area (Å²) in [4.78, 5) is 11.0. The highest BCUT2D eigenvalue weighted by molar-refractivity contribution is 5.73. The van der Waals surface area contributed by atoms with Crippen molar-refractivity contribution >= 4 is 5.97 Å². The molecule has 0 aromatic carbocycles. The Balaban J connectivity index is 2.61. The van der Waals surface area contributed by atoms with Crippen LogP contribution >= 0.6 is 0 Å². The molecular weight excluding hydrogens is 206 g/mol. The van der Waals surface area contributed by atoms with Gasteiger partial charge in [0.2, 0.25) is 0 Å². The highest BCUT2D eigenvalue weighted by Gasteiger charge is 2.20. The van der Waals surface area contributed by atoms with Crippen LogP contribution < -0.4 is 5.32 Å². The molecule has 0 spiro atoms. The van der Waals surface area contributed by atoms with Crippen LogP contribution in [0.3, 0.4) is 0 Å². The topological polar surface area (TPSA) is 62.5 Å². The third kappa shape index (κ3) is 3.38. The second-order valence-corrected chi connectivity index (χ2v) is 4.02. The van der Waals surface area contributed by atoms with Crippen LogP contribution in [0.1, 0.15) is 44.3 Å². The maximum absolute atomic E-state index is 11.0. The van der Waals surface area contributed by atoms with E-state index in [4.69, 9.17) is 9.52 Å². The Kier molecular flexibility index (Phi) is 4.55. The quantitative estimate of drug-likeness (QED) is 0.780. The Morgan fingerprint density at radius 2 is 2.25 bits per heavy atom. The summed E-state index contributed by atoms with van der Waals surface area (Å²) in [5.74, 6) is 0.808. The van der Waals surface area contributed by atoms with Crippen molar-refractivity contribution in [2.45, 2.75) is 45.7 Å². The van der Waals surface area contributed by atoms with E-state index in [-0.39, 0.29) is 6.04 Å². The minimum Gasteiger partial charge on any atom is -0.480 e. The fourth-order valence-corrected chi connectivity index (χ4v) is 1.64. The lowest BCUT2D eigenvalue weighted by Crippen LogP contribution is -2.38. The first kappa shape index (κ1) is 12.8. The fourth-order valence-electron chi connectivity index (χ4n) is 1.64. The van der Waals surface area contributed by atoms with Crippen LogP contribution in [0.5, 0.6) is 0 Å². The number of carbonyl (C=O) groups is 1. The molecule has 0 fully saturated rings. The molecule has 2 N–H and O–H groups in total. The van der Waals surface area contributed by atoms with Gasteiger partial charge in [0.25, 0.3) is 0 Å². The van der Waals surface area contributed by atoms with Gasteiger partial charge in [0, 0.05) is 0 Å². The van der Waals surface area contributed by atoms with Crippen molar-refractivity contribution < 1.29 is 14.3 Å². The number of furan rings is 1. The lowest BCUT2D eigenvalue weighted by molar-refractivity contribution is -0.139. The fraction of sp³-hybridized carbons (Fsp3) is 0.583. The average molecular weight is 225 g/mol. The van der Waals surface area contributed by atoms with Crippen molar-refractivity contribution in [3.05, 3.63) is 23.7 Å². The molecule has 90 valence electrons. The van der Waals surface area contributed by atoms with Crippen molar-refractivity contribution in [3.63, 3.8) is 0 Å². The Hall–Kier alpha value is -1.29. The molecule has 0 radical (unpaired) electrons. The molecule has 1 aromatic heterocycles. The van der Waals surface area contributed by atoms with Crippen LogP contribution in [-0.4, -0.2) is 17.1 Å². The van der Waals surface area contributed by atoms with E-state index in [0.717, 1.165) is 17.9 Å². The summed E-state index contributed by atoms with van der Waals surface area (Å²) in [6.07, 6.45) is 1.47. The number of nitrogens with one attached hydrogen (secondary N) is 1. The van der Waals surface area contributed by atoms with Crippen molar-refractivity contribution in [1.29, 1.82) is 0 Å². The van der Waals surface area contributed by atoms with Gasteiger partial charge in [-0.05, 0) is 32.4 Å². The molecule has 1 rings (SSSR count). The van der Waals surface area contributed by atoms with Crippen LogP contribution in [0.25, 0.3) is 0 Å². The summed E-state index contributed by atoms with van der Waals surface area (Å²) in [7, 11) is 0. The number of hydrogen-bond acceptors (Lipinski definition) is 3. The smallest absolute Gasteiger partial charge is 0.320 e. The Morgan fingerprint density at radius 3 is 2.69 bits per heavy atom. The SMILES string of the molecule is CCCC(NC(C)c1ccc(C)o1)C(=O)O. The van der Waals surface area contributed by atoms with Crippen LogP contribution in [0.15, 0.2) is 16.5 Å². The molecule has 0 saturated heterocycles. The van der Waals surface area contributed by atoms with E-state index in [9.17, 15) is 4.79 Å². The summed E-state index contributed by atoms with van der Waals surface area (Å²) in [5.41, 5.74) is 0. The normalized spacial score (nSPS) is 14.7. The van der Waals surface area contributed by atoms with Gasteiger partial charge in [-0.25, -0.2) is 0 Å². The van der Waals surface area contributed by atoms with E-state index in [0.29, 0.717) is 6.42 Å². The summed E-state index contributed by atoms with van der Waals surface area (Å²) in [6, 6.07) is 3.16. The summed E-state index contributed by atoms with van der Waals surface area (Å²) in [5, 5.41) is 12.1. The van der Waals surface area contributed by atoms with Crippen LogP contribution in [0, 0.1) is 6.92 Å². The van der Waals surface area contributed by atoms with Gasteiger partial charge in [-0.15, -0.1) is 0 Å². The van der Waals surface area contributed by atoms with E-state index < -0.39 is 12.0 Å². The van der Waals surface area contributed by atoms with E-state index in [1.807, 2.05) is 32.9 Å². The van der Waals surface area contributed by atoms with E-state index >= 15 is 0 Å². The first-order chi connectivity index (χ1) is 7.54. The first-order valence-corrected chi connectivity index (χ1v) is 5.59. The minimum absolute atomic E-state index is 0.0821. The Labute approximate surface area is 95.7 Å². The van der Waals surface area contributed by atoms with E-state index in [1.54, 1.807) is 0 Å². The highest BCUT2D eigenvalue weighted by atomic mass is 16.4. The molecule has 0 aliphatic rings. The number of rotatable bonds is 6. The third-order valence-corrected chi connectivity index (χ3v) is 2.51. The molecule has 0 saturated carbocycles. The molecule has 0 aliphatic heterocycles. The minimum atomic E-state index is -0.808. The number of aliphatic carboxylic acids is 1. The van der Waals surface area contributed by atoms with Crippen molar-refractivity contribution in [1.82, 2.24) is 5.32 Å². The molecule has 4 nitrogen and oxygen atoms in total. The maximum atomic E-state index is 11.0. The largest absolute Gasteiger partial charge is 0.480 e. The van der Waals surface area contributed by atoms with Gasteiger partial charge in [0.15, 0.2) is 0 Å². The number of hydrogen-bond donors (Lipinski definition) is 2. The molecule has 0 bridgehead atoms. The lowest BCUT2D eigenvalue weighted by atomic mass is 10.1. The third-order valence-electron chi connectivity index (χ3n) is 2.51. The second kappa shape index (κ2) is 5.70. The van der Waals surface area contributed by atoms with Gasteiger partial charge in [-0.3, -0.25) is 10.1 Å². The van der Waals surface area contributed by atoms with Gasteiger partial charge >= 0.3 is 5.97 Å². The standard InChI is InChI=1S/C12H19NO3/c1-4-5-10(12(14)15)13-9(3)11-7-6-8(2)16-11/h6-7,9-10,13H,4-5H2,1-3H3,(H,14,15). The molecule has 16 heavy (non-hydrogen) atoms. The zero-order valence-corrected chi connectivity index (χ0v) is 9.99. The zero-order valence-electron chi connectivity index (χ0n) is 9.99. The van der Waals surface area contributed by atoms with Crippen LogP contribution in [0.2, 0.25) is 0 Å².